The smallest absolute Gasteiger partial charge is 0.292 e. The molecule has 0 aliphatic carbocycles. The molecule has 0 bridgehead atoms. The molecule has 1 aliphatic heterocycles. The molecule has 1 aromatic heterocycles. The van der Waals surface area contributed by atoms with Gasteiger partial charge in [0.25, 0.3) is 5.56 Å². The largest absolute Gasteiger partial charge is 0.454 e. The molecule has 2 heterocycles. The van der Waals surface area contributed by atoms with Crippen LogP contribution >= 0.6 is 11.6 Å². The first-order valence-corrected chi connectivity index (χ1v) is 8.50. The van der Waals surface area contributed by atoms with Crippen molar-refractivity contribution in [2.24, 2.45) is 0 Å². The molecule has 0 amide bonds. The number of anilines is 1. The highest BCUT2D eigenvalue weighted by Gasteiger charge is 2.17. The summed E-state index contributed by atoms with van der Waals surface area (Å²) in [7, 11) is 0. The molecule has 1 atom stereocenters. The number of para-hydroxylation sites is 1. The van der Waals surface area contributed by atoms with Crippen LogP contribution in [0.25, 0.3) is 5.69 Å². The first-order valence-electron chi connectivity index (χ1n) is 8.13. The van der Waals surface area contributed by atoms with Crippen LogP contribution in [0.1, 0.15) is 18.5 Å². The van der Waals surface area contributed by atoms with Gasteiger partial charge in [-0.1, -0.05) is 35.9 Å². The minimum atomic E-state index is -0.374. The van der Waals surface area contributed by atoms with E-state index >= 15 is 0 Å². The van der Waals surface area contributed by atoms with Gasteiger partial charge < -0.3 is 14.8 Å². The van der Waals surface area contributed by atoms with Crippen LogP contribution in [0, 0.1) is 0 Å². The summed E-state index contributed by atoms with van der Waals surface area (Å²) < 4.78 is 12.0. The van der Waals surface area contributed by atoms with E-state index in [2.05, 4.69) is 10.4 Å². The van der Waals surface area contributed by atoms with Crippen LogP contribution in [0.15, 0.2) is 59.5 Å². The Morgan fingerprint density at radius 2 is 1.92 bits per heavy atom. The topological polar surface area (TPSA) is 65.4 Å². The van der Waals surface area contributed by atoms with E-state index in [1.54, 1.807) is 18.3 Å². The van der Waals surface area contributed by atoms with E-state index in [4.69, 9.17) is 21.1 Å². The molecule has 2 aromatic carbocycles. The van der Waals surface area contributed by atoms with Gasteiger partial charge >= 0.3 is 0 Å². The standard InChI is InChI=1S/C19H16ClN3O3/c1-12(13-7-8-16-17(9-13)26-11-25-16)22-15-10-21-23(19(24)18(15)20)14-5-3-2-4-6-14/h2-10,12,22H,11H2,1H3/t12-/m1/s1. The first-order chi connectivity index (χ1) is 12.6. The summed E-state index contributed by atoms with van der Waals surface area (Å²) in [5.74, 6) is 1.44. The monoisotopic (exact) mass is 369 g/mol. The van der Waals surface area contributed by atoms with Gasteiger partial charge in [0.2, 0.25) is 6.79 Å². The highest BCUT2D eigenvalue weighted by atomic mass is 35.5. The van der Waals surface area contributed by atoms with E-state index in [0.717, 1.165) is 11.3 Å². The van der Waals surface area contributed by atoms with Gasteiger partial charge in [-0.2, -0.15) is 9.78 Å². The molecular weight excluding hydrogens is 354 g/mol. The number of halogens is 1. The number of ether oxygens (including phenoxy) is 2. The predicted octanol–water partition coefficient (Wildman–Crippen LogP) is 3.79. The molecule has 0 spiro atoms. The highest BCUT2D eigenvalue weighted by Crippen LogP contribution is 2.35. The number of hydrogen-bond acceptors (Lipinski definition) is 5. The lowest BCUT2D eigenvalue weighted by Gasteiger charge is -2.17. The molecule has 1 aliphatic rings. The molecule has 0 saturated heterocycles. The summed E-state index contributed by atoms with van der Waals surface area (Å²) >= 11 is 6.29. The third kappa shape index (κ3) is 2.99. The fraction of sp³-hybridized carbons (Fsp3) is 0.158. The van der Waals surface area contributed by atoms with Crippen LogP contribution in [0.3, 0.4) is 0 Å². The van der Waals surface area contributed by atoms with Crippen molar-refractivity contribution in [3.05, 3.63) is 75.7 Å². The SMILES string of the molecule is C[C@@H](Nc1cnn(-c2ccccc2)c(=O)c1Cl)c1ccc2c(c1)OCO2. The van der Waals surface area contributed by atoms with Crippen molar-refractivity contribution < 1.29 is 9.47 Å². The normalized spacial score (nSPS) is 13.5. The number of nitrogens with zero attached hydrogens (tertiary/aromatic N) is 2. The average molecular weight is 370 g/mol. The molecule has 0 radical (unpaired) electrons. The van der Waals surface area contributed by atoms with Crippen LogP contribution < -0.4 is 20.3 Å². The number of benzene rings is 2. The predicted molar refractivity (Wildman–Crippen MR) is 99.4 cm³/mol. The fourth-order valence-electron chi connectivity index (χ4n) is 2.79. The summed E-state index contributed by atoms with van der Waals surface area (Å²) in [6.45, 7) is 2.20. The molecule has 0 fully saturated rings. The van der Waals surface area contributed by atoms with Gasteiger partial charge in [-0.25, -0.2) is 0 Å². The lowest BCUT2D eigenvalue weighted by molar-refractivity contribution is 0.174. The molecule has 4 rings (SSSR count). The number of aromatic nitrogens is 2. The molecule has 7 heteroatoms. The minimum absolute atomic E-state index is 0.0939. The van der Waals surface area contributed by atoms with Gasteiger partial charge in [0.1, 0.15) is 5.02 Å². The van der Waals surface area contributed by atoms with E-state index < -0.39 is 0 Å². The van der Waals surface area contributed by atoms with E-state index in [9.17, 15) is 4.79 Å². The summed E-state index contributed by atoms with van der Waals surface area (Å²) in [6.07, 6.45) is 1.56. The summed E-state index contributed by atoms with van der Waals surface area (Å²) in [6, 6.07) is 14.8. The van der Waals surface area contributed by atoms with Crippen molar-refractivity contribution in [1.29, 1.82) is 0 Å². The van der Waals surface area contributed by atoms with Crippen LogP contribution in [-0.4, -0.2) is 16.6 Å². The van der Waals surface area contributed by atoms with Crippen LogP contribution in [0.5, 0.6) is 11.5 Å². The highest BCUT2D eigenvalue weighted by molar-refractivity contribution is 6.33. The van der Waals surface area contributed by atoms with Crippen LogP contribution in [0.4, 0.5) is 5.69 Å². The number of rotatable bonds is 4. The maximum atomic E-state index is 12.6. The van der Waals surface area contributed by atoms with E-state index in [-0.39, 0.29) is 23.4 Å². The Morgan fingerprint density at radius 3 is 2.73 bits per heavy atom. The van der Waals surface area contributed by atoms with Crippen LogP contribution in [0.2, 0.25) is 5.02 Å². The quantitative estimate of drug-likeness (QED) is 0.758. The van der Waals surface area contributed by atoms with Gasteiger partial charge in [-0.15, -0.1) is 0 Å². The Labute approximate surface area is 154 Å². The minimum Gasteiger partial charge on any atom is -0.454 e. The molecule has 0 unspecified atom stereocenters. The lowest BCUT2D eigenvalue weighted by Crippen LogP contribution is -2.23. The molecule has 6 nitrogen and oxygen atoms in total. The van der Waals surface area contributed by atoms with E-state index in [1.165, 1.54) is 4.68 Å². The number of nitrogens with one attached hydrogen (secondary N) is 1. The zero-order chi connectivity index (χ0) is 18.1. The third-order valence-electron chi connectivity index (χ3n) is 4.19. The van der Waals surface area contributed by atoms with Gasteiger partial charge in [0.15, 0.2) is 11.5 Å². The van der Waals surface area contributed by atoms with E-state index in [0.29, 0.717) is 17.1 Å². The molecule has 1 N–H and O–H groups in total. The van der Waals surface area contributed by atoms with Crippen molar-refractivity contribution in [1.82, 2.24) is 9.78 Å². The third-order valence-corrected chi connectivity index (χ3v) is 4.55. The summed E-state index contributed by atoms with van der Waals surface area (Å²) in [4.78, 5) is 12.6. The average Bonchev–Trinajstić information content (AvgIpc) is 3.14. The Morgan fingerprint density at radius 1 is 1.15 bits per heavy atom. The van der Waals surface area contributed by atoms with Crippen molar-refractivity contribution in [2.45, 2.75) is 13.0 Å². The summed E-state index contributed by atoms with van der Waals surface area (Å²) in [5, 5.41) is 7.55. The molecule has 26 heavy (non-hydrogen) atoms. The first kappa shape index (κ1) is 16.5. The lowest BCUT2D eigenvalue weighted by atomic mass is 10.1. The van der Waals surface area contributed by atoms with Crippen molar-refractivity contribution in [2.75, 3.05) is 12.1 Å². The molecule has 3 aromatic rings. The van der Waals surface area contributed by atoms with Gasteiger partial charge in [-0.05, 0) is 36.8 Å². The molecule has 132 valence electrons. The van der Waals surface area contributed by atoms with Crippen molar-refractivity contribution >= 4 is 17.3 Å². The summed E-state index contributed by atoms with van der Waals surface area (Å²) in [5.41, 5.74) is 1.75. The number of fused-ring (bicyclic) bond motifs is 1. The van der Waals surface area contributed by atoms with Crippen molar-refractivity contribution in [3.63, 3.8) is 0 Å². The maximum absolute atomic E-state index is 12.6. The Kier molecular flexibility index (Phi) is 4.26. The zero-order valence-electron chi connectivity index (χ0n) is 14.0. The Bertz CT molecular complexity index is 1000. The Hall–Kier alpha value is -2.99. The van der Waals surface area contributed by atoms with Gasteiger partial charge in [-0.3, -0.25) is 4.79 Å². The van der Waals surface area contributed by atoms with Crippen molar-refractivity contribution in [3.8, 4) is 17.2 Å². The second-order valence-corrected chi connectivity index (χ2v) is 6.28. The maximum Gasteiger partial charge on any atom is 0.292 e. The second-order valence-electron chi connectivity index (χ2n) is 5.90. The fourth-order valence-corrected chi connectivity index (χ4v) is 2.97. The van der Waals surface area contributed by atoms with E-state index in [1.807, 2.05) is 43.3 Å². The molecular formula is C19H16ClN3O3. The van der Waals surface area contributed by atoms with Gasteiger partial charge in [0, 0.05) is 6.04 Å². The Balaban J connectivity index is 1.60. The van der Waals surface area contributed by atoms with Gasteiger partial charge in [0.05, 0.1) is 17.6 Å². The molecule has 0 saturated carbocycles. The zero-order valence-corrected chi connectivity index (χ0v) is 14.7. The second kappa shape index (κ2) is 6.72. The number of hydrogen-bond donors (Lipinski definition) is 1. The van der Waals surface area contributed by atoms with Crippen LogP contribution in [-0.2, 0) is 0 Å².